The topological polar surface area (TPSA) is 102 Å². The molecular weight excluding hydrogens is 454 g/mol. The summed E-state index contributed by atoms with van der Waals surface area (Å²) in [6.45, 7) is 4.91. The molecule has 1 saturated heterocycles. The van der Waals surface area contributed by atoms with Crippen LogP contribution in [-0.4, -0.2) is 66.4 Å². The van der Waals surface area contributed by atoms with Crippen LogP contribution in [0.2, 0.25) is 0 Å². The van der Waals surface area contributed by atoms with Crippen LogP contribution in [0.15, 0.2) is 22.9 Å². The van der Waals surface area contributed by atoms with Crippen LogP contribution >= 0.6 is 0 Å². The van der Waals surface area contributed by atoms with Gasteiger partial charge in [0.25, 0.3) is 5.95 Å². The van der Waals surface area contributed by atoms with Crippen molar-refractivity contribution in [2.75, 3.05) is 37.3 Å². The molecule has 0 radical (unpaired) electrons. The lowest BCUT2D eigenvalue weighted by molar-refractivity contribution is 0.138. The van der Waals surface area contributed by atoms with Gasteiger partial charge in [-0.2, -0.15) is 9.29 Å². The van der Waals surface area contributed by atoms with Crippen LogP contribution in [0.4, 0.5) is 5.95 Å². The van der Waals surface area contributed by atoms with Gasteiger partial charge in [0.2, 0.25) is 15.9 Å². The molecule has 6 rings (SSSR count). The first-order valence-corrected chi connectivity index (χ1v) is 14.0. The van der Waals surface area contributed by atoms with Gasteiger partial charge in [-0.05, 0) is 54.8 Å². The van der Waals surface area contributed by atoms with E-state index < -0.39 is 10.0 Å². The standard InChI is InChI=1S/C24H31N5O4S/c1-24(7-8-24)22-26-23(27-33-22)28-9-3-17(4-10-28)20-14-18-13-19(25-15-21(18)32-20)16-5-11-29(12-6-16)34(2,30)31/h5,13,15,17,20H,3-4,6-12,14H2,1-2H3/t20-/m1/s1. The number of nitrogens with zero attached hydrogens (tertiary/aromatic N) is 5. The average Bonchev–Trinajstić information content (AvgIpc) is 3.25. The zero-order chi connectivity index (χ0) is 23.5. The number of aromatic nitrogens is 3. The Bertz CT molecular complexity index is 1230. The summed E-state index contributed by atoms with van der Waals surface area (Å²) in [4.78, 5) is 11.5. The smallest absolute Gasteiger partial charge is 0.266 e. The van der Waals surface area contributed by atoms with Gasteiger partial charge in [-0.15, -0.1) is 0 Å². The molecule has 2 aromatic rings. The molecule has 0 unspecified atom stereocenters. The van der Waals surface area contributed by atoms with E-state index in [1.54, 1.807) is 0 Å². The third kappa shape index (κ3) is 4.11. The summed E-state index contributed by atoms with van der Waals surface area (Å²) < 4.78 is 36.9. The monoisotopic (exact) mass is 485 g/mol. The minimum absolute atomic E-state index is 0.0979. The average molecular weight is 486 g/mol. The molecule has 1 atom stereocenters. The molecule has 10 heteroatoms. The molecule has 34 heavy (non-hydrogen) atoms. The van der Waals surface area contributed by atoms with E-state index in [0.717, 1.165) is 74.0 Å². The van der Waals surface area contributed by atoms with Gasteiger partial charge in [-0.1, -0.05) is 13.0 Å². The Morgan fingerprint density at radius 2 is 1.97 bits per heavy atom. The Hall–Kier alpha value is -2.46. The highest BCUT2D eigenvalue weighted by molar-refractivity contribution is 7.88. The predicted molar refractivity (Wildman–Crippen MR) is 127 cm³/mol. The maximum Gasteiger partial charge on any atom is 0.266 e. The summed E-state index contributed by atoms with van der Waals surface area (Å²) in [5.74, 6) is 2.86. The third-order valence-corrected chi connectivity index (χ3v) is 9.17. The molecule has 1 aliphatic carbocycles. The first-order chi connectivity index (χ1) is 16.3. The third-order valence-electron chi connectivity index (χ3n) is 7.90. The minimum atomic E-state index is -3.15. The number of sulfonamides is 1. The summed E-state index contributed by atoms with van der Waals surface area (Å²) in [5, 5.41) is 4.23. The van der Waals surface area contributed by atoms with Crippen molar-refractivity contribution >= 4 is 21.5 Å². The maximum atomic E-state index is 11.8. The fraction of sp³-hybridized carbons (Fsp3) is 0.625. The van der Waals surface area contributed by atoms with Crippen LogP contribution < -0.4 is 9.64 Å². The molecule has 4 aliphatic rings. The van der Waals surface area contributed by atoms with Crippen LogP contribution in [-0.2, 0) is 21.9 Å². The number of rotatable bonds is 5. The van der Waals surface area contributed by atoms with Crippen LogP contribution in [0.25, 0.3) is 5.57 Å². The fourth-order valence-electron chi connectivity index (χ4n) is 5.26. The number of piperidine rings is 1. The molecule has 5 heterocycles. The number of pyridine rings is 1. The summed E-state index contributed by atoms with van der Waals surface area (Å²) >= 11 is 0. The Morgan fingerprint density at radius 1 is 1.18 bits per heavy atom. The highest BCUT2D eigenvalue weighted by atomic mass is 32.2. The maximum absolute atomic E-state index is 11.8. The normalized spacial score (nSPS) is 25.1. The van der Waals surface area contributed by atoms with Crippen molar-refractivity contribution in [3.8, 4) is 5.75 Å². The van der Waals surface area contributed by atoms with Gasteiger partial charge in [0, 0.05) is 43.6 Å². The van der Waals surface area contributed by atoms with Crippen LogP contribution in [0.3, 0.4) is 0 Å². The number of fused-ring (bicyclic) bond motifs is 1. The zero-order valence-corrected chi connectivity index (χ0v) is 20.6. The van der Waals surface area contributed by atoms with E-state index in [9.17, 15) is 8.42 Å². The van der Waals surface area contributed by atoms with E-state index in [1.165, 1.54) is 16.1 Å². The van der Waals surface area contributed by atoms with Gasteiger partial charge in [0.15, 0.2) is 0 Å². The lowest BCUT2D eigenvalue weighted by Gasteiger charge is -2.33. The summed E-state index contributed by atoms with van der Waals surface area (Å²) in [7, 11) is -3.15. The lowest BCUT2D eigenvalue weighted by atomic mass is 9.89. The van der Waals surface area contributed by atoms with Gasteiger partial charge < -0.3 is 14.2 Å². The number of anilines is 1. The fourth-order valence-corrected chi connectivity index (χ4v) is 6.02. The van der Waals surface area contributed by atoms with E-state index >= 15 is 0 Å². The van der Waals surface area contributed by atoms with Crippen molar-refractivity contribution in [2.24, 2.45) is 5.92 Å². The summed E-state index contributed by atoms with van der Waals surface area (Å²) in [5.41, 5.74) is 3.34. The molecule has 3 aliphatic heterocycles. The molecule has 182 valence electrons. The van der Waals surface area contributed by atoms with Crippen molar-refractivity contribution in [1.29, 1.82) is 0 Å². The Morgan fingerprint density at radius 3 is 2.65 bits per heavy atom. The summed E-state index contributed by atoms with van der Waals surface area (Å²) in [6, 6.07) is 2.13. The molecule has 1 saturated carbocycles. The first-order valence-electron chi connectivity index (χ1n) is 12.2. The number of hydrogen-bond donors (Lipinski definition) is 0. The molecule has 0 amide bonds. The van der Waals surface area contributed by atoms with Crippen molar-refractivity contribution in [1.82, 2.24) is 19.4 Å². The second kappa shape index (κ2) is 8.05. The van der Waals surface area contributed by atoms with Gasteiger partial charge in [-0.25, -0.2) is 8.42 Å². The number of hydrogen-bond acceptors (Lipinski definition) is 8. The van der Waals surface area contributed by atoms with Gasteiger partial charge >= 0.3 is 0 Å². The van der Waals surface area contributed by atoms with Crippen LogP contribution in [0.1, 0.15) is 56.2 Å². The quantitative estimate of drug-likeness (QED) is 0.637. The largest absolute Gasteiger partial charge is 0.488 e. The second-order valence-electron chi connectivity index (χ2n) is 10.4. The predicted octanol–water partition coefficient (Wildman–Crippen LogP) is 2.78. The highest BCUT2D eigenvalue weighted by Gasteiger charge is 2.45. The van der Waals surface area contributed by atoms with E-state index in [2.05, 4.69) is 33.0 Å². The molecule has 0 bridgehead atoms. The van der Waals surface area contributed by atoms with Crippen molar-refractivity contribution in [2.45, 2.75) is 57.0 Å². The lowest BCUT2D eigenvalue weighted by Crippen LogP contribution is -2.39. The summed E-state index contributed by atoms with van der Waals surface area (Å²) in [6.07, 6.45) is 11.1. The Labute approximate surface area is 200 Å². The molecule has 0 N–H and O–H groups in total. The highest BCUT2D eigenvalue weighted by Crippen LogP contribution is 2.47. The Balaban J connectivity index is 1.07. The van der Waals surface area contributed by atoms with Crippen molar-refractivity contribution < 1.29 is 17.7 Å². The number of ether oxygens (including phenoxy) is 1. The first kappa shape index (κ1) is 22.0. The molecular formula is C24H31N5O4S. The van der Waals surface area contributed by atoms with Gasteiger partial charge in [0.05, 0.1) is 18.1 Å². The molecule has 0 spiro atoms. The van der Waals surface area contributed by atoms with Crippen LogP contribution in [0.5, 0.6) is 5.75 Å². The van der Waals surface area contributed by atoms with E-state index in [1.807, 2.05) is 12.3 Å². The van der Waals surface area contributed by atoms with Crippen molar-refractivity contribution in [3.05, 3.63) is 35.5 Å². The van der Waals surface area contributed by atoms with E-state index in [0.29, 0.717) is 25.4 Å². The van der Waals surface area contributed by atoms with Gasteiger partial charge in [0.1, 0.15) is 11.9 Å². The SMILES string of the molecule is CC1(c2nc(N3CCC([C@H]4Cc5cc(C6=CCN(S(C)(=O)=O)CC6)ncc5O4)CC3)no2)CC1. The van der Waals surface area contributed by atoms with E-state index in [-0.39, 0.29) is 11.5 Å². The zero-order valence-electron chi connectivity index (χ0n) is 19.7. The van der Waals surface area contributed by atoms with Crippen LogP contribution in [0, 0.1) is 5.92 Å². The second-order valence-corrected chi connectivity index (χ2v) is 12.4. The minimum Gasteiger partial charge on any atom is -0.488 e. The Kier molecular flexibility index (Phi) is 5.22. The molecule has 9 nitrogen and oxygen atoms in total. The molecule has 2 aromatic heterocycles. The molecule has 0 aromatic carbocycles. The molecule has 2 fully saturated rings. The van der Waals surface area contributed by atoms with Gasteiger partial charge in [-0.3, -0.25) is 4.98 Å². The van der Waals surface area contributed by atoms with Crippen molar-refractivity contribution in [3.63, 3.8) is 0 Å². The van der Waals surface area contributed by atoms with E-state index in [4.69, 9.17) is 9.26 Å².